The average Bonchev–Trinajstić information content (AvgIpc) is 3.33. The maximum Gasteiger partial charge on any atom is 0.255 e. The number of hydrogen-bond acceptors (Lipinski definition) is 6. The number of nitriles is 1. The van der Waals surface area contributed by atoms with Crippen LogP contribution in [0.2, 0.25) is 0 Å². The standard InChI is InChI=1S/C26H23N3O3S/c27-16-20-5-1-3-7-24(20)33-25-8-4-2-6-21(25)26(30)29-13-11-28(12-14-29)17-19-9-10-22-23(15-19)32-18-31-22/h1-10,15H,11-14,17-18H2. The number of hydrogen-bond donors (Lipinski definition) is 0. The summed E-state index contributed by atoms with van der Waals surface area (Å²) in [5, 5.41) is 9.40. The molecule has 1 saturated heterocycles. The third-order valence-electron chi connectivity index (χ3n) is 5.85. The summed E-state index contributed by atoms with van der Waals surface area (Å²) in [6.45, 7) is 4.07. The van der Waals surface area contributed by atoms with E-state index in [-0.39, 0.29) is 12.7 Å². The predicted molar refractivity (Wildman–Crippen MR) is 125 cm³/mol. The first-order chi connectivity index (χ1) is 16.2. The molecule has 7 heteroatoms. The highest BCUT2D eigenvalue weighted by atomic mass is 32.2. The number of carbonyl (C=O) groups is 1. The lowest BCUT2D eigenvalue weighted by atomic mass is 10.1. The van der Waals surface area contributed by atoms with Crippen LogP contribution in [0.3, 0.4) is 0 Å². The zero-order valence-corrected chi connectivity index (χ0v) is 18.9. The van der Waals surface area contributed by atoms with Crippen molar-refractivity contribution in [2.45, 2.75) is 16.3 Å². The Morgan fingerprint density at radius 3 is 2.45 bits per heavy atom. The summed E-state index contributed by atoms with van der Waals surface area (Å²) >= 11 is 1.47. The summed E-state index contributed by atoms with van der Waals surface area (Å²) in [7, 11) is 0. The Kier molecular flexibility index (Phi) is 6.20. The van der Waals surface area contributed by atoms with E-state index in [1.54, 1.807) is 6.07 Å². The van der Waals surface area contributed by atoms with Gasteiger partial charge >= 0.3 is 0 Å². The van der Waals surface area contributed by atoms with Gasteiger partial charge in [0.25, 0.3) is 5.91 Å². The van der Waals surface area contributed by atoms with Crippen molar-refractivity contribution < 1.29 is 14.3 Å². The summed E-state index contributed by atoms with van der Waals surface area (Å²) < 4.78 is 10.9. The fraction of sp³-hybridized carbons (Fsp3) is 0.231. The minimum atomic E-state index is 0.0373. The lowest BCUT2D eigenvalue weighted by molar-refractivity contribution is 0.0625. The Hall–Kier alpha value is -3.47. The van der Waals surface area contributed by atoms with E-state index in [9.17, 15) is 10.1 Å². The summed E-state index contributed by atoms with van der Waals surface area (Å²) in [6.07, 6.45) is 0. The molecule has 0 aromatic heterocycles. The Labute approximate surface area is 197 Å². The smallest absolute Gasteiger partial charge is 0.255 e. The number of piperazine rings is 1. The molecule has 0 aliphatic carbocycles. The normalized spacial score (nSPS) is 15.3. The first kappa shape index (κ1) is 21.4. The predicted octanol–water partition coefficient (Wildman–Crippen LogP) is 4.40. The second kappa shape index (κ2) is 9.57. The molecule has 1 amide bonds. The van der Waals surface area contributed by atoms with Crippen LogP contribution in [0.15, 0.2) is 76.5 Å². The van der Waals surface area contributed by atoms with E-state index in [1.807, 2.05) is 59.5 Å². The molecule has 6 nitrogen and oxygen atoms in total. The van der Waals surface area contributed by atoms with E-state index in [4.69, 9.17) is 9.47 Å². The van der Waals surface area contributed by atoms with Gasteiger partial charge in [0.15, 0.2) is 11.5 Å². The molecular formula is C26H23N3O3S. The Morgan fingerprint density at radius 2 is 1.64 bits per heavy atom. The molecule has 1 fully saturated rings. The van der Waals surface area contributed by atoms with E-state index in [0.717, 1.165) is 40.9 Å². The van der Waals surface area contributed by atoms with Crippen LogP contribution in [0.25, 0.3) is 0 Å². The molecule has 0 spiro atoms. The minimum absolute atomic E-state index is 0.0373. The zero-order valence-electron chi connectivity index (χ0n) is 18.1. The van der Waals surface area contributed by atoms with Crippen LogP contribution in [0.5, 0.6) is 11.5 Å². The van der Waals surface area contributed by atoms with Gasteiger partial charge in [-0.1, -0.05) is 42.1 Å². The van der Waals surface area contributed by atoms with Crippen LogP contribution >= 0.6 is 11.8 Å². The van der Waals surface area contributed by atoms with Gasteiger partial charge in [-0.3, -0.25) is 9.69 Å². The molecule has 0 bridgehead atoms. The Balaban J connectivity index is 1.24. The van der Waals surface area contributed by atoms with Crippen LogP contribution < -0.4 is 9.47 Å². The number of ether oxygens (including phenoxy) is 2. The van der Waals surface area contributed by atoms with E-state index in [2.05, 4.69) is 17.0 Å². The van der Waals surface area contributed by atoms with Crippen molar-refractivity contribution >= 4 is 17.7 Å². The number of carbonyl (C=O) groups excluding carboxylic acids is 1. The van der Waals surface area contributed by atoms with Gasteiger partial charge in [-0.05, 0) is 42.0 Å². The Bertz CT molecular complexity index is 1220. The maximum absolute atomic E-state index is 13.4. The van der Waals surface area contributed by atoms with Crippen molar-refractivity contribution in [1.82, 2.24) is 9.80 Å². The molecule has 0 saturated carbocycles. The second-order valence-electron chi connectivity index (χ2n) is 7.96. The largest absolute Gasteiger partial charge is 0.454 e. The highest BCUT2D eigenvalue weighted by Gasteiger charge is 2.24. The summed E-state index contributed by atoms with van der Waals surface area (Å²) in [5.41, 5.74) is 2.47. The molecule has 0 N–H and O–H groups in total. The fourth-order valence-corrected chi connectivity index (χ4v) is 5.09. The number of benzene rings is 3. The third kappa shape index (κ3) is 4.68. The first-order valence-electron chi connectivity index (χ1n) is 10.9. The molecule has 2 aliphatic heterocycles. The van der Waals surface area contributed by atoms with Crippen molar-refractivity contribution in [2.24, 2.45) is 0 Å². The number of nitrogens with zero attached hydrogens (tertiary/aromatic N) is 3. The van der Waals surface area contributed by atoms with Gasteiger partial charge in [0, 0.05) is 42.5 Å². The Morgan fingerprint density at radius 1 is 0.909 bits per heavy atom. The lowest BCUT2D eigenvalue weighted by Gasteiger charge is -2.35. The molecule has 166 valence electrons. The van der Waals surface area contributed by atoms with Crippen molar-refractivity contribution in [1.29, 1.82) is 5.26 Å². The van der Waals surface area contributed by atoms with Gasteiger partial charge in [0.1, 0.15) is 6.07 Å². The fourth-order valence-electron chi connectivity index (χ4n) is 4.08. The highest BCUT2D eigenvalue weighted by molar-refractivity contribution is 7.99. The molecule has 3 aromatic carbocycles. The van der Waals surface area contributed by atoms with E-state index >= 15 is 0 Å². The van der Waals surface area contributed by atoms with Crippen molar-refractivity contribution in [3.63, 3.8) is 0 Å². The van der Waals surface area contributed by atoms with E-state index in [1.165, 1.54) is 17.3 Å². The number of fused-ring (bicyclic) bond motifs is 1. The van der Waals surface area contributed by atoms with E-state index in [0.29, 0.717) is 24.2 Å². The maximum atomic E-state index is 13.4. The van der Waals surface area contributed by atoms with Crippen LogP contribution in [0.4, 0.5) is 0 Å². The quantitative estimate of drug-likeness (QED) is 0.566. The summed E-state index contributed by atoms with van der Waals surface area (Å²) in [5.74, 6) is 1.63. The van der Waals surface area contributed by atoms with E-state index < -0.39 is 0 Å². The SMILES string of the molecule is N#Cc1ccccc1Sc1ccccc1C(=O)N1CCN(Cc2ccc3c(c2)OCO3)CC1. The second-order valence-corrected chi connectivity index (χ2v) is 9.05. The molecular weight excluding hydrogens is 434 g/mol. The molecule has 33 heavy (non-hydrogen) atoms. The third-order valence-corrected chi connectivity index (χ3v) is 7.00. The van der Waals surface area contributed by atoms with Gasteiger partial charge < -0.3 is 14.4 Å². The van der Waals surface area contributed by atoms with Gasteiger partial charge in [-0.25, -0.2) is 0 Å². The monoisotopic (exact) mass is 457 g/mol. The molecule has 0 radical (unpaired) electrons. The average molecular weight is 458 g/mol. The zero-order chi connectivity index (χ0) is 22.6. The van der Waals surface area contributed by atoms with Crippen LogP contribution in [0.1, 0.15) is 21.5 Å². The molecule has 5 rings (SSSR count). The molecule has 0 unspecified atom stereocenters. The first-order valence-corrected chi connectivity index (χ1v) is 11.7. The molecule has 2 heterocycles. The topological polar surface area (TPSA) is 65.8 Å². The number of rotatable bonds is 5. The summed E-state index contributed by atoms with van der Waals surface area (Å²) in [6, 6.07) is 23.4. The molecule has 0 atom stereocenters. The van der Waals surface area contributed by atoms with Gasteiger partial charge in [0.2, 0.25) is 6.79 Å². The van der Waals surface area contributed by atoms with Crippen molar-refractivity contribution in [2.75, 3.05) is 33.0 Å². The van der Waals surface area contributed by atoms with Crippen molar-refractivity contribution in [3.8, 4) is 17.6 Å². The highest BCUT2D eigenvalue weighted by Crippen LogP contribution is 2.34. The summed E-state index contributed by atoms with van der Waals surface area (Å²) in [4.78, 5) is 19.4. The lowest BCUT2D eigenvalue weighted by Crippen LogP contribution is -2.48. The molecule has 2 aliphatic rings. The number of amides is 1. The molecule has 3 aromatic rings. The van der Waals surface area contributed by atoms with Gasteiger partial charge in [-0.2, -0.15) is 5.26 Å². The van der Waals surface area contributed by atoms with Crippen LogP contribution in [0, 0.1) is 11.3 Å². The van der Waals surface area contributed by atoms with Gasteiger partial charge in [0.05, 0.1) is 11.1 Å². The van der Waals surface area contributed by atoms with Crippen LogP contribution in [-0.2, 0) is 6.54 Å². The van der Waals surface area contributed by atoms with Gasteiger partial charge in [-0.15, -0.1) is 0 Å². The van der Waals surface area contributed by atoms with Crippen molar-refractivity contribution in [3.05, 3.63) is 83.4 Å². The van der Waals surface area contributed by atoms with Crippen LogP contribution in [-0.4, -0.2) is 48.7 Å². The minimum Gasteiger partial charge on any atom is -0.454 e.